The van der Waals surface area contributed by atoms with E-state index in [1.807, 2.05) is 18.2 Å². The highest BCUT2D eigenvalue weighted by molar-refractivity contribution is 5.68. The first-order chi connectivity index (χ1) is 10.3. The first-order valence-corrected chi connectivity index (χ1v) is 7.14. The van der Waals surface area contributed by atoms with Gasteiger partial charge in [0, 0.05) is 0 Å². The van der Waals surface area contributed by atoms with E-state index in [-0.39, 0.29) is 19.3 Å². The van der Waals surface area contributed by atoms with Gasteiger partial charge in [0.25, 0.3) is 0 Å². The number of aliphatic hydroxyl groups excluding tert-OH is 1. The molecular formula is C17H23NO4. The van der Waals surface area contributed by atoms with Crippen molar-refractivity contribution in [2.24, 2.45) is 0 Å². The number of alkyl carbamates (subject to hydrolysis) is 1. The molecule has 5 nitrogen and oxygen atoms in total. The van der Waals surface area contributed by atoms with Gasteiger partial charge in [-0.1, -0.05) is 24.0 Å². The monoisotopic (exact) mass is 305 g/mol. The smallest absolute Gasteiger partial charge is 0.408 e. The first kappa shape index (κ1) is 17.9. The van der Waals surface area contributed by atoms with Crippen molar-refractivity contribution in [3.63, 3.8) is 0 Å². The zero-order valence-corrected chi connectivity index (χ0v) is 13.5. The standard InChI is InChI=1S/C17H23NO4/c1-13(12-19)21-15-10-6-5-8-14(15)9-7-11-18-16(20)22-17(2,3)4/h5-6,8,10,13,19H,11-12H2,1-4H3,(H,18,20)/t13-/m0/s1. The minimum absolute atomic E-state index is 0.0675. The number of aliphatic hydroxyl groups is 1. The van der Waals surface area contributed by atoms with Gasteiger partial charge in [0.2, 0.25) is 0 Å². The molecule has 0 fully saturated rings. The molecule has 0 heterocycles. The Morgan fingerprint density at radius 1 is 1.36 bits per heavy atom. The van der Waals surface area contributed by atoms with Gasteiger partial charge in [0.1, 0.15) is 17.5 Å². The van der Waals surface area contributed by atoms with Crippen molar-refractivity contribution in [3.05, 3.63) is 29.8 Å². The first-order valence-electron chi connectivity index (χ1n) is 7.14. The van der Waals surface area contributed by atoms with Crippen LogP contribution in [0.4, 0.5) is 4.79 Å². The van der Waals surface area contributed by atoms with E-state index in [4.69, 9.17) is 14.6 Å². The minimum Gasteiger partial charge on any atom is -0.487 e. The van der Waals surface area contributed by atoms with E-state index in [1.54, 1.807) is 33.8 Å². The third-order valence-corrected chi connectivity index (χ3v) is 2.42. The number of benzene rings is 1. The van der Waals surface area contributed by atoms with E-state index < -0.39 is 11.7 Å². The van der Waals surface area contributed by atoms with Gasteiger partial charge in [0.15, 0.2) is 0 Å². The molecule has 22 heavy (non-hydrogen) atoms. The predicted octanol–water partition coefficient (Wildman–Crippen LogP) is 2.32. The lowest BCUT2D eigenvalue weighted by molar-refractivity contribution is 0.0535. The van der Waals surface area contributed by atoms with Crippen molar-refractivity contribution in [2.45, 2.75) is 39.4 Å². The number of para-hydroxylation sites is 1. The molecule has 0 bridgehead atoms. The van der Waals surface area contributed by atoms with Crippen LogP contribution in [-0.4, -0.2) is 36.1 Å². The second-order valence-corrected chi connectivity index (χ2v) is 5.76. The second-order valence-electron chi connectivity index (χ2n) is 5.76. The fourth-order valence-electron chi connectivity index (χ4n) is 1.50. The molecule has 2 N–H and O–H groups in total. The summed E-state index contributed by atoms with van der Waals surface area (Å²) in [5.41, 5.74) is 0.173. The Morgan fingerprint density at radius 2 is 2.05 bits per heavy atom. The fraction of sp³-hybridized carbons (Fsp3) is 0.471. The molecule has 0 aromatic heterocycles. The third kappa shape index (κ3) is 7.00. The van der Waals surface area contributed by atoms with Crippen LogP contribution < -0.4 is 10.1 Å². The van der Waals surface area contributed by atoms with E-state index in [2.05, 4.69) is 17.2 Å². The Bertz CT molecular complexity index is 552. The summed E-state index contributed by atoms with van der Waals surface area (Å²) in [5, 5.41) is 11.6. The molecule has 0 saturated heterocycles. The van der Waals surface area contributed by atoms with Crippen LogP contribution >= 0.6 is 0 Å². The molecular weight excluding hydrogens is 282 g/mol. The molecule has 1 aromatic carbocycles. The number of rotatable bonds is 4. The van der Waals surface area contributed by atoms with E-state index in [0.717, 1.165) is 0 Å². The van der Waals surface area contributed by atoms with Gasteiger partial charge >= 0.3 is 6.09 Å². The van der Waals surface area contributed by atoms with Crippen molar-refractivity contribution >= 4 is 6.09 Å². The van der Waals surface area contributed by atoms with Gasteiger partial charge in [-0.3, -0.25) is 0 Å². The van der Waals surface area contributed by atoms with Crippen molar-refractivity contribution in [1.29, 1.82) is 0 Å². The third-order valence-electron chi connectivity index (χ3n) is 2.42. The maximum absolute atomic E-state index is 11.5. The summed E-state index contributed by atoms with van der Waals surface area (Å²) in [5.74, 6) is 6.38. The number of hydrogen-bond donors (Lipinski definition) is 2. The molecule has 0 aliphatic carbocycles. The zero-order chi connectivity index (χ0) is 16.6. The van der Waals surface area contributed by atoms with E-state index in [9.17, 15) is 4.79 Å². The van der Waals surface area contributed by atoms with Crippen molar-refractivity contribution < 1.29 is 19.4 Å². The average Bonchev–Trinajstić information content (AvgIpc) is 2.43. The van der Waals surface area contributed by atoms with Crippen molar-refractivity contribution in [2.75, 3.05) is 13.2 Å². The lowest BCUT2D eigenvalue weighted by Crippen LogP contribution is -2.32. The molecule has 0 spiro atoms. The van der Waals surface area contributed by atoms with Crippen LogP contribution in [0.3, 0.4) is 0 Å². The van der Waals surface area contributed by atoms with Gasteiger partial charge in [-0.05, 0) is 39.8 Å². The van der Waals surface area contributed by atoms with Crippen LogP contribution in [0.15, 0.2) is 24.3 Å². The number of nitrogens with one attached hydrogen (secondary N) is 1. The summed E-state index contributed by atoms with van der Waals surface area (Å²) >= 11 is 0. The van der Waals surface area contributed by atoms with Crippen LogP contribution in [0.25, 0.3) is 0 Å². The molecule has 120 valence electrons. The van der Waals surface area contributed by atoms with Crippen LogP contribution in [0.1, 0.15) is 33.3 Å². The molecule has 0 unspecified atom stereocenters. The Balaban J connectivity index is 2.60. The van der Waals surface area contributed by atoms with Crippen molar-refractivity contribution in [3.8, 4) is 17.6 Å². The molecule has 1 atom stereocenters. The van der Waals surface area contributed by atoms with E-state index in [0.29, 0.717) is 11.3 Å². The minimum atomic E-state index is -0.529. The van der Waals surface area contributed by atoms with Gasteiger partial charge in [0.05, 0.1) is 18.7 Å². The fourth-order valence-corrected chi connectivity index (χ4v) is 1.50. The van der Waals surface area contributed by atoms with E-state index >= 15 is 0 Å². The topological polar surface area (TPSA) is 67.8 Å². The highest BCUT2D eigenvalue weighted by Gasteiger charge is 2.15. The zero-order valence-electron chi connectivity index (χ0n) is 13.5. The summed E-state index contributed by atoms with van der Waals surface area (Å²) in [6.07, 6.45) is -0.803. The Kier molecular flexibility index (Phi) is 6.74. The highest BCUT2D eigenvalue weighted by Crippen LogP contribution is 2.18. The van der Waals surface area contributed by atoms with Gasteiger partial charge in [-0.2, -0.15) is 0 Å². The summed E-state index contributed by atoms with van der Waals surface area (Å²) in [7, 11) is 0. The summed E-state index contributed by atoms with van der Waals surface area (Å²) < 4.78 is 10.7. The van der Waals surface area contributed by atoms with Crippen LogP contribution in [0.5, 0.6) is 5.75 Å². The lowest BCUT2D eigenvalue weighted by Gasteiger charge is -2.19. The number of ether oxygens (including phenoxy) is 2. The maximum atomic E-state index is 11.5. The van der Waals surface area contributed by atoms with Crippen molar-refractivity contribution in [1.82, 2.24) is 5.32 Å². The Hall–Kier alpha value is -2.19. The summed E-state index contributed by atoms with van der Waals surface area (Å²) in [4.78, 5) is 11.5. The van der Waals surface area contributed by atoms with Gasteiger partial charge < -0.3 is 19.9 Å². The second kappa shape index (κ2) is 8.30. The molecule has 1 aromatic rings. The molecule has 0 saturated carbocycles. The quantitative estimate of drug-likeness (QED) is 0.838. The number of carbonyl (C=O) groups is 1. The number of amides is 1. The molecule has 5 heteroatoms. The number of carbonyl (C=O) groups excluding carboxylic acids is 1. The Morgan fingerprint density at radius 3 is 2.68 bits per heavy atom. The van der Waals surface area contributed by atoms with Crippen LogP contribution in [0, 0.1) is 11.8 Å². The van der Waals surface area contributed by atoms with Crippen LogP contribution in [-0.2, 0) is 4.74 Å². The summed E-state index contributed by atoms with van der Waals surface area (Å²) in [6.45, 7) is 7.28. The highest BCUT2D eigenvalue weighted by atomic mass is 16.6. The average molecular weight is 305 g/mol. The molecule has 0 aliphatic heterocycles. The normalized spacial score (nSPS) is 11.9. The maximum Gasteiger partial charge on any atom is 0.408 e. The molecule has 0 aliphatic rings. The predicted molar refractivity (Wildman–Crippen MR) is 84.7 cm³/mol. The van der Waals surface area contributed by atoms with Gasteiger partial charge in [-0.15, -0.1) is 0 Å². The largest absolute Gasteiger partial charge is 0.487 e. The summed E-state index contributed by atoms with van der Waals surface area (Å²) in [6, 6.07) is 7.29. The van der Waals surface area contributed by atoms with E-state index in [1.165, 1.54) is 0 Å². The number of hydrogen-bond acceptors (Lipinski definition) is 4. The lowest BCUT2D eigenvalue weighted by atomic mass is 10.2. The molecule has 0 radical (unpaired) electrons. The Labute approximate surface area is 131 Å². The SMILES string of the molecule is C[C@@H](CO)Oc1ccccc1C#CCNC(=O)OC(C)(C)C. The van der Waals surface area contributed by atoms with Gasteiger partial charge in [-0.25, -0.2) is 4.79 Å². The van der Waals surface area contributed by atoms with Crippen LogP contribution in [0.2, 0.25) is 0 Å². The molecule has 1 amide bonds. The molecule has 1 rings (SSSR count).